The quantitative estimate of drug-likeness (QED) is 0.656. The van der Waals surface area contributed by atoms with Gasteiger partial charge in [-0.1, -0.05) is 12.1 Å². The lowest BCUT2D eigenvalue weighted by molar-refractivity contribution is 0.627. The van der Waals surface area contributed by atoms with E-state index in [0.29, 0.717) is 6.54 Å². The lowest BCUT2D eigenvalue weighted by atomic mass is 10.2. The van der Waals surface area contributed by atoms with Crippen LogP contribution in [0.25, 0.3) is 0 Å². The molecule has 0 saturated carbocycles. The van der Waals surface area contributed by atoms with Crippen molar-refractivity contribution in [3.05, 3.63) is 57.5 Å². The molecule has 0 saturated heterocycles. The molecule has 5 heteroatoms. The molecule has 0 unspecified atom stereocenters. The van der Waals surface area contributed by atoms with Crippen molar-refractivity contribution in [2.24, 2.45) is 4.99 Å². The molecule has 21 heavy (non-hydrogen) atoms. The van der Waals surface area contributed by atoms with E-state index in [1.54, 1.807) is 23.5 Å². The summed E-state index contributed by atoms with van der Waals surface area (Å²) in [5, 5.41) is 6.52. The number of nitrogens with zero attached hydrogens (tertiary/aromatic N) is 1. The van der Waals surface area contributed by atoms with Gasteiger partial charge >= 0.3 is 0 Å². The molecule has 1 aromatic heterocycles. The van der Waals surface area contributed by atoms with E-state index in [4.69, 9.17) is 0 Å². The van der Waals surface area contributed by atoms with Crippen LogP contribution in [-0.2, 0) is 13.1 Å². The molecule has 0 amide bonds. The van der Waals surface area contributed by atoms with Crippen LogP contribution in [-0.4, -0.2) is 12.5 Å². The molecular formula is C16H20FN3S. The van der Waals surface area contributed by atoms with Crippen molar-refractivity contribution in [3.63, 3.8) is 0 Å². The van der Waals surface area contributed by atoms with Crippen LogP contribution < -0.4 is 10.6 Å². The molecule has 0 bridgehead atoms. The summed E-state index contributed by atoms with van der Waals surface area (Å²) in [4.78, 5) is 7.10. The molecule has 1 heterocycles. The highest BCUT2D eigenvalue weighted by atomic mass is 32.1. The average Bonchev–Trinajstić information content (AvgIpc) is 2.89. The van der Waals surface area contributed by atoms with Gasteiger partial charge in [-0.05, 0) is 43.7 Å². The van der Waals surface area contributed by atoms with Gasteiger partial charge in [-0.2, -0.15) is 0 Å². The Labute approximate surface area is 128 Å². The Hall–Kier alpha value is -1.88. The first-order valence-corrected chi connectivity index (χ1v) is 7.81. The van der Waals surface area contributed by atoms with Gasteiger partial charge in [0.2, 0.25) is 0 Å². The Balaban J connectivity index is 1.93. The monoisotopic (exact) mass is 305 g/mol. The highest BCUT2D eigenvalue weighted by Gasteiger charge is 2.00. The van der Waals surface area contributed by atoms with Gasteiger partial charge in [0, 0.05) is 16.3 Å². The van der Waals surface area contributed by atoms with Crippen LogP contribution in [0.5, 0.6) is 0 Å². The van der Waals surface area contributed by atoms with Crippen molar-refractivity contribution in [1.82, 2.24) is 10.6 Å². The van der Waals surface area contributed by atoms with E-state index in [2.05, 4.69) is 34.7 Å². The lowest BCUT2D eigenvalue weighted by Gasteiger charge is -2.10. The predicted octanol–water partition coefficient (Wildman–Crippen LogP) is 3.45. The zero-order valence-electron chi connectivity index (χ0n) is 12.3. The Morgan fingerprint density at radius 3 is 2.52 bits per heavy atom. The summed E-state index contributed by atoms with van der Waals surface area (Å²) in [6.45, 7) is 6.22. The molecule has 2 rings (SSSR count). The molecule has 2 aromatic rings. The van der Waals surface area contributed by atoms with Gasteiger partial charge in [0.15, 0.2) is 5.96 Å². The highest BCUT2D eigenvalue weighted by molar-refractivity contribution is 7.11. The van der Waals surface area contributed by atoms with Crippen LogP contribution in [0.1, 0.15) is 22.2 Å². The number of nitrogens with one attached hydrogen (secondary N) is 2. The molecule has 0 aliphatic carbocycles. The summed E-state index contributed by atoms with van der Waals surface area (Å²) >= 11 is 1.78. The Morgan fingerprint density at radius 2 is 1.90 bits per heavy atom. The van der Waals surface area contributed by atoms with E-state index in [-0.39, 0.29) is 5.82 Å². The first-order valence-electron chi connectivity index (χ1n) is 6.99. The number of thiophene rings is 1. The number of aryl methyl sites for hydroxylation is 1. The smallest absolute Gasteiger partial charge is 0.191 e. The standard InChI is InChI=1S/C16H20FN3S/c1-3-18-16(20-11-15-9-4-12(2)21-15)19-10-13-5-7-14(17)8-6-13/h4-9H,3,10-11H2,1-2H3,(H2,18,19,20). The van der Waals surface area contributed by atoms with Gasteiger partial charge in [-0.15, -0.1) is 11.3 Å². The summed E-state index contributed by atoms with van der Waals surface area (Å²) in [7, 11) is 0. The second-order valence-electron chi connectivity index (χ2n) is 4.69. The largest absolute Gasteiger partial charge is 0.357 e. The van der Waals surface area contributed by atoms with E-state index < -0.39 is 0 Å². The number of rotatable bonds is 5. The van der Waals surface area contributed by atoms with Crippen molar-refractivity contribution < 1.29 is 4.39 Å². The Kier molecular flexibility index (Phi) is 5.75. The maximum atomic E-state index is 12.9. The Morgan fingerprint density at radius 1 is 1.14 bits per heavy atom. The summed E-state index contributed by atoms with van der Waals surface area (Å²) in [5.74, 6) is 0.550. The number of hydrogen-bond acceptors (Lipinski definition) is 2. The number of aliphatic imine (C=N–C) groups is 1. The molecule has 0 aliphatic heterocycles. The molecule has 0 fully saturated rings. The fraction of sp³-hybridized carbons (Fsp3) is 0.312. The third-order valence-electron chi connectivity index (χ3n) is 2.90. The molecule has 0 spiro atoms. The van der Waals surface area contributed by atoms with Gasteiger partial charge < -0.3 is 10.6 Å². The third kappa shape index (κ3) is 5.19. The van der Waals surface area contributed by atoms with Crippen LogP contribution in [0, 0.1) is 12.7 Å². The van der Waals surface area contributed by atoms with Crippen LogP contribution in [0.3, 0.4) is 0 Å². The molecule has 3 nitrogen and oxygen atoms in total. The second-order valence-corrected chi connectivity index (χ2v) is 6.06. The van der Waals surface area contributed by atoms with Gasteiger partial charge in [-0.3, -0.25) is 0 Å². The molecular weight excluding hydrogens is 285 g/mol. The lowest BCUT2D eigenvalue weighted by Crippen LogP contribution is -2.36. The summed E-state index contributed by atoms with van der Waals surface area (Å²) in [6.07, 6.45) is 0. The SMILES string of the molecule is CCNC(=NCc1ccc(F)cc1)NCc1ccc(C)s1. The molecule has 2 N–H and O–H groups in total. The van der Waals surface area contributed by atoms with Gasteiger partial charge in [0.05, 0.1) is 13.1 Å². The zero-order chi connectivity index (χ0) is 15.1. The Bertz CT molecular complexity index is 590. The third-order valence-corrected chi connectivity index (χ3v) is 3.90. The molecule has 0 aliphatic rings. The van der Waals surface area contributed by atoms with Gasteiger partial charge in [0.25, 0.3) is 0 Å². The van der Waals surface area contributed by atoms with Crippen LogP contribution in [0.15, 0.2) is 41.4 Å². The zero-order valence-corrected chi connectivity index (χ0v) is 13.1. The molecule has 0 atom stereocenters. The van der Waals surface area contributed by atoms with Gasteiger partial charge in [0.1, 0.15) is 5.82 Å². The minimum atomic E-state index is -0.221. The summed E-state index contributed by atoms with van der Waals surface area (Å²) in [6, 6.07) is 10.7. The van der Waals surface area contributed by atoms with Crippen LogP contribution >= 0.6 is 11.3 Å². The van der Waals surface area contributed by atoms with Crippen molar-refractivity contribution >= 4 is 17.3 Å². The topological polar surface area (TPSA) is 36.4 Å². The second kappa shape index (κ2) is 7.78. The minimum Gasteiger partial charge on any atom is -0.357 e. The normalized spacial score (nSPS) is 11.5. The summed E-state index contributed by atoms with van der Waals surface area (Å²) in [5.41, 5.74) is 0.987. The van der Waals surface area contributed by atoms with E-state index in [0.717, 1.165) is 24.6 Å². The van der Waals surface area contributed by atoms with Crippen LogP contribution in [0.4, 0.5) is 4.39 Å². The number of guanidine groups is 1. The predicted molar refractivity (Wildman–Crippen MR) is 87.1 cm³/mol. The maximum Gasteiger partial charge on any atom is 0.191 e. The van der Waals surface area contributed by atoms with E-state index in [9.17, 15) is 4.39 Å². The van der Waals surface area contributed by atoms with Crippen molar-refractivity contribution in [1.29, 1.82) is 0 Å². The first kappa shape index (κ1) is 15.5. The van der Waals surface area contributed by atoms with E-state index >= 15 is 0 Å². The molecule has 1 aromatic carbocycles. The highest BCUT2D eigenvalue weighted by Crippen LogP contribution is 2.14. The number of halogens is 1. The van der Waals surface area contributed by atoms with Crippen LogP contribution in [0.2, 0.25) is 0 Å². The van der Waals surface area contributed by atoms with Gasteiger partial charge in [-0.25, -0.2) is 9.38 Å². The van der Waals surface area contributed by atoms with Crippen molar-refractivity contribution in [2.75, 3.05) is 6.54 Å². The fourth-order valence-corrected chi connectivity index (χ4v) is 2.68. The van der Waals surface area contributed by atoms with Crippen molar-refractivity contribution in [3.8, 4) is 0 Å². The molecule has 112 valence electrons. The maximum absolute atomic E-state index is 12.9. The summed E-state index contributed by atoms with van der Waals surface area (Å²) < 4.78 is 12.9. The van der Waals surface area contributed by atoms with Crippen molar-refractivity contribution in [2.45, 2.75) is 26.9 Å². The molecule has 0 radical (unpaired) electrons. The minimum absolute atomic E-state index is 0.221. The fourth-order valence-electron chi connectivity index (χ4n) is 1.85. The van der Waals surface area contributed by atoms with E-state index in [1.165, 1.54) is 21.9 Å². The van der Waals surface area contributed by atoms with E-state index in [1.807, 2.05) is 6.92 Å². The number of hydrogen-bond donors (Lipinski definition) is 2. The number of benzene rings is 1. The average molecular weight is 305 g/mol. The first-order chi connectivity index (χ1) is 10.2.